The van der Waals surface area contributed by atoms with Crippen LogP contribution in [0.1, 0.15) is 66.0 Å². The summed E-state index contributed by atoms with van der Waals surface area (Å²) in [5, 5.41) is 4.08. The molecule has 2 aromatic heterocycles. The summed E-state index contributed by atoms with van der Waals surface area (Å²) in [7, 11) is 4.19. The molecule has 2 aromatic rings. The Balaban J connectivity index is 1.40. The van der Waals surface area contributed by atoms with Crippen LogP contribution in [-0.2, 0) is 6.54 Å². The van der Waals surface area contributed by atoms with E-state index in [1.54, 1.807) is 0 Å². The van der Waals surface area contributed by atoms with E-state index in [1.165, 1.54) is 0 Å². The third kappa shape index (κ3) is 4.24. The van der Waals surface area contributed by atoms with Crippen molar-refractivity contribution >= 4 is 5.91 Å². The molecule has 3 heterocycles. The zero-order valence-corrected chi connectivity index (χ0v) is 16.3. The third-order valence-electron chi connectivity index (χ3n) is 5.56. The summed E-state index contributed by atoms with van der Waals surface area (Å²) in [6.45, 7) is 3.49. The highest BCUT2D eigenvalue weighted by atomic mass is 16.5. The van der Waals surface area contributed by atoms with Gasteiger partial charge in [-0.25, -0.2) is 4.98 Å². The highest BCUT2D eigenvalue weighted by Gasteiger charge is 2.32. The molecule has 0 N–H and O–H groups in total. The Morgan fingerprint density at radius 2 is 2.15 bits per heavy atom. The number of imidazole rings is 1. The Hall–Kier alpha value is -2.15. The van der Waals surface area contributed by atoms with Gasteiger partial charge in [0.1, 0.15) is 5.82 Å². The second-order valence-corrected chi connectivity index (χ2v) is 8.12. The molecular formula is C20H29N5O2. The summed E-state index contributed by atoms with van der Waals surface area (Å²) < 4.78 is 7.59. The van der Waals surface area contributed by atoms with Crippen molar-refractivity contribution in [3.8, 4) is 0 Å². The molecule has 0 bridgehead atoms. The van der Waals surface area contributed by atoms with E-state index >= 15 is 0 Å². The topological polar surface area (TPSA) is 67.4 Å². The molecule has 2 aliphatic rings. The molecule has 146 valence electrons. The minimum atomic E-state index is -0.0372. The molecule has 1 aliphatic carbocycles. The van der Waals surface area contributed by atoms with Crippen LogP contribution in [-0.4, -0.2) is 64.1 Å². The van der Waals surface area contributed by atoms with Gasteiger partial charge in [-0.05, 0) is 52.7 Å². The Morgan fingerprint density at radius 3 is 2.93 bits per heavy atom. The fraction of sp³-hybridized carbons (Fsp3) is 0.650. The molecule has 0 aromatic carbocycles. The summed E-state index contributed by atoms with van der Waals surface area (Å²) in [4.78, 5) is 21.6. The number of hydrogen-bond donors (Lipinski definition) is 0. The molecule has 1 aliphatic heterocycles. The van der Waals surface area contributed by atoms with E-state index in [2.05, 4.69) is 39.9 Å². The molecule has 0 spiro atoms. The van der Waals surface area contributed by atoms with Crippen LogP contribution < -0.4 is 0 Å². The number of rotatable bonds is 7. The summed E-state index contributed by atoms with van der Waals surface area (Å²) in [6.07, 6.45) is 9.40. The molecular weight excluding hydrogens is 342 g/mol. The molecule has 7 heteroatoms. The van der Waals surface area contributed by atoms with E-state index in [9.17, 15) is 4.79 Å². The summed E-state index contributed by atoms with van der Waals surface area (Å²) in [5.74, 6) is 2.22. The van der Waals surface area contributed by atoms with Gasteiger partial charge in [0.2, 0.25) is 5.76 Å². The third-order valence-corrected chi connectivity index (χ3v) is 5.56. The van der Waals surface area contributed by atoms with Gasteiger partial charge in [-0.1, -0.05) is 5.16 Å². The average Bonchev–Trinajstić information content (AvgIpc) is 3.21. The van der Waals surface area contributed by atoms with Gasteiger partial charge in [0.05, 0.1) is 5.69 Å². The Kier molecular flexibility index (Phi) is 5.29. The van der Waals surface area contributed by atoms with Crippen molar-refractivity contribution in [1.82, 2.24) is 24.5 Å². The average molecular weight is 371 g/mol. The first-order valence-electron chi connectivity index (χ1n) is 10.0. The number of piperidine rings is 1. The standard InChI is InChI=1S/C20H29N5O2/c1-23(2)9-4-11-24-12-8-21-19(24)16-5-3-10-25(14-16)20(26)18-13-17(22-27-18)15-6-7-15/h8,12-13,15-16H,3-7,9-11,14H2,1-2H3. The van der Waals surface area contributed by atoms with Gasteiger partial charge in [0.25, 0.3) is 5.91 Å². The van der Waals surface area contributed by atoms with Crippen molar-refractivity contribution in [3.63, 3.8) is 0 Å². The molecule has 1 unspecified atom stereocenters. The van der Waals surface area contributed by atoms with E-state index in [-0.39, 0.29) is 11.8 Å². The van der Waals surface area contributed by atoms with Crippen molar-refractivity contribution in [2.75, 3.05) is 33.7 Å². The van der Waals surface area contributed by atoms with Crippen LogP contribution in [0.15, 0.2) is 23.0 Å². The predicted octanol–water partition coefficient (Wildman–Crippen LogP) is 2.72. The second kappa shape index (κ2) is 7.84. The highest BCUT2D eigenvalue weighted by molar-refractivity contribution is 5.91. The smallest absolute Gasteiger partial charge is 0.292 e. The summed E-state index contributed by atoms with van der Waals surface area (Å²) in [6, 6.07) is 1.84. The molecule has 1 saturated heterocycles. The number of aromatic nitrogens is 3. The number of aryl methyl sites for hydroxylation is 1. The fourth-order valence-electron chi connectivity index (χ4n) is 3.92. The Labute approximate surface area is 160 Å². The maximum Gasteiger partial charge on any atom is 0.292 e. The first-order valence-corrected chi connectivity index (χ1v) is 10.0. The lowest BCUT2D eigenvalue weighted by Gasteiger charge is -2.32. The van der Waals surface area contributed by atoms with Crippen molar-refractivity contribution < 1.29 is 9.32 Å². The lowest BCUT2D eigenvalue weighted by Crippen LogP contribution is -2.39. The zero-order valence-electron chi connectivity index (χ0n) is 16.3. The highest BCUT2D eigenvalue weighted by Crippen LogP contribution is 2.39. The molecule has 4 rings (SSSR count). The van der Waals surface area contributed by atoms with Gasteiger partial charge in [-0.2, -0.15) is 0 Å². The molecule has 1 saturated carbocycles. The maximum atomic E-state index is 12.9. The van der Waals surface area contributed by atoms with Gasteiger partial charge < -0.3 is 18.9 Å². The normalized spacial score (nSPS) is 20.4. The van der Waals surface area contributed by atoms with Gasteiger partial charge in [-0.3, -0.25) is 4.79 Å². The first-order chi connectivity index (χ1) is 13.1. The molecule has 1 atom stereocenters. The van der Waals surface area contributed by atoms with Crippen LogP contribution >= 0.6 is 0 Å². The van der Waals surface area contributed by atoms with Gasteiger partial charge in [-0.15, -0.1) is 0 Å². The minimum Gasteiger partial charge on any atom is -0.351 e. The number of nitrogens with zero attached hydrogens (tertiary/aromatic N) is 5. The molecule has 0 radical (unpaired) electrons. The lowest BCUT2D eigenvalue weighted by molar-refractivity contribution is 0.0661. The number of amides is 1. The molecule has 2 fully saturated rings. The van der Waals surface area contributed by atoms with E-state index in [1.807, 2.05) is 17.2 Å². The van der Waals surface area contributed by atoms with Crippen LogP contribution in [0, 0.1) is 0 Å². The van der Waals surface area contributed by atoms with E-state index in [4.69, 9.17) is 4.52 Å². The Bertz CT molecular complexity index is 777. The van der Waals surface area contributed by atoms with Crippen LogP contribution in [0.2, 0.25) is 0 Å². The van der Waals surface area contributed by atoms with Crippen molar-refractivity contribution in [2.45, 2.75) is 50.5 Å². The first kappa shape index (κ1) is 18.2. The zero-order chi connectivity index (χ0) is 18.8. The van der Waals surface area contributed by atoms with E-state index in [0.29, 0.717) is 18.2 Å². The maximum absolute atomic E-state index is 12.9. The predicted molar refractivity (Wildman–Crippen MR) is 102 cm³/mol. The Morgan fingerprint density at radius 1 is 1.30 bits per heavy atom. The second-order valence-electron chi connectivity index (χ2n) is 8.12. The SMILES string of the molecule is CN(C)CCCn1ccnc1C1CCCN(C(=O)c2cc(C3CC3)no2)C1. The number of carbonyl (C=O) groups excluding carboxylic acids is 1. The van der Waals surface area contributed by atoms with Crippen molar-refractivity contribution in [2.24, 2.45) is 0 Å². The molecule has 7 nitrogen and oxygen atoms in total. The summed E-state index contributed by atoms with van der Waals surface area (Å²) >= 11 is 0. The van der Waals surface area contributed by atoms with E-state index < -0.39 is 0 Å². The minimum absolute atomic E-state index is 0.0372. The fourth-order valence-corrected chi connectivity index (χ4v) is 3.92. The van der Waals surface area contributed by atoms with Crippen LogP contribution in [0.25, 0.3) is 0 Å². The number of likely N-dealkylation sites (tertiary alicyclic amines) is 1. The van der Waals surface area contributed by atoms with Gasteiger partial charge in [0.15, 0.2) is 0 Å². The van der Waals surface area contributed by atoms with Crippen molar-refractivity contribution in [3.05, 3.63) is 35.7 Å². The lowest BCUT2D eigenvalue weighted by atomic mass is 9.96. The molecule has 27 heavy (non-hydrogen) atoms. The molecule has 1 amide bonds. The van der Waals surface area contributed by atoms with Crippen LogP contribution in [0.5, 0.6) is 0 Å². The van der Waals surface area contributed by atoms with Gasteiger partial charge in [0, 0.05) is 49.9 Å². The number of hydrogen-bond acceptors (Lipinski definition) is 5. The monoisotopic (exact) mass is 371 g/mol. The summed E-state index contributed by atoms with van der Waals surface area (Å²) in [5.41, 5.74) is 0.934. The largest absolute Gasteiger partial charge is 0.351 e. The van der Waals surface area contributed by atoms with Gasteiger partial charge >= 0.3 is 0 Å². The van der Waals surface area contributed by atoms with Crippen LogP contribution in [0.4, 0.5) is 0 Å². The van der Waals surface area contributed by atoms with E-state index in [0.717, 1.165) is 63.3 Å². The number of carbonyl (C=O) groups is 1. The quantitative estimate of drug-likeness (QED) is 0.749. The van der Waals surface area contributed by atoms with Crippen LogP contribution in [0.3, 0.4) is 0 Å². The van der Waals surface area contributed by atoms with Crippen molar-refractivity contribution in [1.29, 1.82) is 0 Å².